The Balaban J connectivity index is 1.62. The van der Waals surface area contributed by atoms with Gasteiger partial charge in [0.25, 0.3) is 0 Å². The van der Waals surface area contributed by atoms with Crippen molar-refractivity contribution in [1.82, 2.24) is 15.2 Å². The molecular weight excluding hydrogens is 270 g/mol. The fourth-order valence-electron chi connectivity index (χ4n) is 2.58. The topological polar surface area (TPSA) is 45.2 Å². The first-order valence-corrected chi connectivity index (χ1v) is 7.86. The summed E-state index contributed by atoms with van der Waals surface area (Å²) in [7, 11) is 1.86. The van der Waals surface area contributed by atoms with Crippen LogP contribution < -0.4 is 5.32 Å². The predicted octanol–water partition coefficient (Wildman–Crippen LogP) is 2.40. The first kappa shape index (κ1) is 13.5. The molecule has 1 N–H and O–H groups in total. The van der Waals surface area contributed by atoms with E-state index < -0.39 is 0 Å². The molecule has 0 saturated carbocycles. The van der Waals surface area contributed by atoms with E-state index in [1.54, 1.807) is 16.2 Å². The number of carbonyl (C=O) groups excluding carboxylic acids is 1. The van der Waals surface area contributed by atoms with E-state index in [0.29, 0.717) is 19.0 Å². The van der Waals surface area contributed by atoms with Crippen molar-refractivity contribution in [2.45, 2.75) is 31.8 Å². The Bertz CT molecular complexity index is 571. The van der Waals surface area contributed by atoms with Crippen molar-refractivity contribution in [1.29, 1.82) is 0 Å². The van der Waals surface area contributed by atoms with Crippen molar-refractivity contribution in [2.75, 3.05) is 13.6 Å². The number of nitrogens with zero attached hydrogens (tertiary/aromatic N) is 2. The minimum absolute atomic E-state index is 0.198. The van der Waals surface area contributed by atoms with Crippen molar-refractivity contribution in [2.24, 2.45) is 0 Å². The normalized spacial score (nSPS) is 18.6. The van der Waals surface area contributed by atoms with E-state index in [0.717, 1.165) is 23.5 Å². The zero-order valence-electron chi connectivity index (χ0n) is 11.6. The van der Waals surface area contributed by atoms with Gasteiger partial charge in [0.1, 0.15) is 5.01 Å². The highest BCUT2D eigenvalue weighted by molar-refractivity contribution is 7.18. The number of rotatable bonds is 4. The molecule has 1 aliphatic heterocycles. The zero-order chi connectivity index (χ0) is 13.9. The van der Waals surface area contributed by atoms with Crippen LogP contribution in [0.4, 0.5) is 0 Å². The van der Waals surface area contributed by atoms with Gasteiger partial charge < -0.3 is 10.2 Å². The van der Waals surface area contributed by atoms with E-state index in [1.807, 2.05) is 25.2 Å². The molecule has 1 aliphatic rings. The third-order valence-electron chi connectivity index (χ3n) is 3.72. The van der Waals surface area contributed by atoms with Crippen LogP contribution in [0.3, 0.4) is 0 Å². The van der Waals surface area contributed by atoms with E-state index in [-0.39, 0.29) is 5.91 Å². The molecular formula is C15H19N3OS. The highest BCUT2D eigenvalue weighted by atomic mass is 32.1. The summed E-state index contributed by atoms with van der Waals surface area (Å²) < 4.78 is 1.18. The van der Waals surface area contributed by atoms with Crippen LogP contribution in [0.5, 0.6) is 0 Å². The van der Waals surface area contributed by atoms with Gasteiger partial charge in [-0.1, -0.05) is 12.1 Å². The summed E-state index contributed by atoms with van der Waals surface area (Å²) in [6.07, 6.45) is 2.89. The van der Waals surface area contributed by atoms with E-state index in [1.165, 1.54) is 11.1 Å². The molecule has 0 aliphatic carbocycles. The molecule has 2 aromatic rings. The molecule has 1 amide bonds. The second-order valence-electron chi connectivity index (χ2n) is 5.32. The maximum Gasteiger partial charge on any atom is 0.224 e. The smallest absolute Gasteiger partial charge is 0.224 e. The Kier molecular flexibility index (Phi) is 3.98. The number of fused-ring (bicyclic) bond motifs is 1. The molecule has 1 aromatic heterocycles. The van der Waals surface area contributed by atoms with E-state index in [4.69, 9.17) is 0 Å². The zero-order valence-corrected chi connectivity index (χ0v) is 12.4. The Morgan fingerprint density at radius 2 is 2.35 bits per heavy atom. The number of para-hydroxylation sites is 1. The highest BCUT2D eigenvalue weighted by Gasteiger charge is 2.20. The van der Waals surface area contributed by atoms with E-state index in [9.17, 15) is 4.79 Å². The van der Waals surface area contributed by atoms with Gasteiger partial charge in [-0.2, -0.15) is 0 Å². The average molecular weight is 289 g/mol. The number of hydrogen-bond donors (Lipinski definition) is 1. The van der Waals surface area contributed by atoms with Gasteiger partial charge in [-0.05, 0) is 31.5 Å². The van der Waals surface area contributed by atoms with Crippen LogP contribution in [0.2, 0.25) is 0 Å². The second kappa shape index (κ2) is 5.89. The van der Waals surface area contributed by atoms with Gasteiger partial charge in [0.05, 0.1) is 16.8 Å². The summed E-state index contributed by atoms with van der Waals surface area (Å²) in [6.45, 7) is 1.64. The molecule has 3 rings (SSSR count). The highest BCUT2D eigenvalue weighted by Crippen LogP contribution is 2.22. The lowest BCUT2D eigenvalue weighted by atomic mass is 10.1. The quantitative estimate of drug-likeness (QED) is 0.940. The molecule has 1 fully saturated rings. The Labute approximate surface area is 122 Å². The number of hydrogen-bond acceptors (Lipinski definition) is 4. The van der Waals surface area contributed by atoms with Gasteiger partial charge in [-0.25, -0.2) is 4.98 Å². The first-order valence-electron chi connectivity index (χ1n) is 7.04. The predicted molar refractivity (Wildman–Crippen MR) is 81.7 cm³/mol. The van der Waals surface area contributed by atoms with Crippen molar-refractivity contribution >= 4 is 27.5 Å². The number of carbonyl (C=O) groups is 1. The lowest BCUT2D eigenvalue weighted by molar-refractivity contribution is -0.130. The number of thiazole rings is 1. The Morgan fingerprint density at radius 3 is 3.10 bits per heavy atom. The molecule has 0 bridgehead atoms. The lowest BCUT2D eigenvalue weighted by Crippen LogP contribution is -2.33. The minimum Gasteiger partial charge on any atom is -0.339 e. The third kappa shape index (κ3) is 2.99. The van der Waals surface area contributed by atoms with Crippen molar-refractivity contribution in [3.05, 3.63) is 29.3 Å². The summed E-state index contributed by atoms with van der Waals surface area (Å²) in [5.74, 6) is 0.198. The van der Waals surface area contributed by atoms with Gasteiger partial charge in [0.2, 0.25) is 5.91 Å². The fourth-order valence-corrected chi connectivity index (χ4v) is 3.60. The summed E-state index contributed by atoms with van der Waals surface area (Å²) >= 11 is 1.67. The van der Waals surface area contributed by atoms with Gasteiger partial charge in [0.15, 0.2) is 0 Å². The second-order valence-corrected chi connectivity index (χ2v) is 6.44. The monoisotopic (exact) mass is 289 g/mol. The van der Waals surface area contributed by atoms with Gasteiger partial charge in [-0.15, -0.1) is 11.3 Å². The SMILES string of the molecule is CN(Cc1nc2ccccc2s1)C(=O)CC1CCCN1. The van der Waals surface area contributed by atoms with Gasteiger partial charge in [0, 0.05) is 19.5 Å². The van der Waals surface area contributed by atoms with Crippen LogP contribution >= 0.6 is 11.3 Å². The third-order valence-corrected chi connectivity index (χ3v) is 4.74. The lowest BCUT2D eigenvalue weighted by Gasteiger charge is -2.18. The van der Waals surface area contributed by atoms with Crippen molar-refractivity contribution < 1.29 is 4.79 Å². The standard InChI is InChI=1S/C15H19N3OS/c1-18(15(19)9-11-5-4-8-16-11)10-14-17-12-6-2-3-7-13(12)20-14/h2-3,6-7,11,16H,4-5,8-10H2,1H3. The van der Waals surface area contributed by atoms with E-state index in [2.05, 4.69) is 16.4 Å². The molecule has 0 spiro atoms. The number of amides is 1. The van der Waals surface area contributed by atoms with E-state index >= 15 is 0 Å². The summed E-state index contributed by atoms with van der Waals surface area (Å²) in [5.41, 5.74) is 1.02. The molecule has 20 heavy (non-hydrogen) atoms. The molecule has 106 valence electrons. The fraction of sp³-hybridized carbons (Fsp3) is 0.467. The van der Waals surface area contributed by atoms with Gasteiger partial charge >= 0.3 is 0 Å². The van der Waals surface area contributed by atoms with Crippen LogP contribution in [-0.4, -0.2) is 35.4 Å². The van der Waals surface area contributed by atoms with Crippen LogP contribution in [-0.2, 0) is 11.3 Å². The van der Waals surface area contributed by atoms with Crippen molar-refractivity contribution in [3.8, 4) is 0 Å². The van der Waals surface area contributed by atoms with Crippen LogP contribution in [0.15, 0.2) is 24.3 Å². The number of aromatic nitrogens is 1. The average Bonchev–Trinajstić information content (AvgIpc) is 3.06. The molecule has 2 heterocycles. The first-order chi connectivity index (χ1) is 9.72. The molecule has 1 saturated heterocycles. The maximum atomic E-state index is 12.2. The van der Waals surface area contributed by atoms with Crippen LogP contribution in [0.25, 0.3) is 10.2 Å². The van der Waals surface area contributed by atoms with Crippen LogP contribution in [0, 0.1) is 0 Å². The maximum absolute atomic E-state index is 12.2. The molecule has 1 atom stereocenters. The summed E-state index contributed by atoms with van der Waals surface area (Å²) in [4.78, 5) is 18.5. The summed E-state index contributed by atoms with van der Waals surface area (Å²) in [6, 6.07) is 8.46. The molecule has 5 heteroatoms. The molecule has 1 aromatic carbocycles. The summed E-state index contributed by atoms with van der Waals surface area (Å²) in [5, 5.41) is 4.37. The molecule has 1 unspecified atom stereocenters. The Hall–Kier alpha value is -1.46. The molecule has 0 radical (unpaired) electrons. The van der Waals surface area contributed by atoms with Crippen molar-refractivity contribution in [3.63, 3.8) is 0 Å². The largest absolute Gasteiger partial charge is 0.339 e. The minimum atomic E-state index is 0.198. The number of benzene rings is 1. The van der Waals surface area contributed by atoms with Gasteiger partial charge in [-0.3, -0.25) is 4.79 Å². The number of nitrogens with one attached hydrogen (secondary N) is 1. The Morgan fingerprint density at radius 1 is 1.50 bits per heavy atom. The van der Waals surface area contributed by atoms with Crippen LogP contribution in [0.1, 0.15) is 24.3 Å². The molecule has 4 nitrogen and oxygen atoms in total.